The number of halogens is 1. The normalized spacial score (nSPS) is 21.7. The molecule has 7 nitrogen and oxygen atoms in total. The van der Waals surface area contributed by atoms with Crippen molar-refractivity contribution in [3.05, 3.63) is 64.8 Å². The highest BCUT2D eigenvalue weighted by Crippen LogP contribution is 2.24. The molecule has 1 unspecified atom stereocenters. The van der Waals surface area contributed by atoms with E-state index in [4.69, 9.17) is 21.2 Å². The summed E-state index contributed by atoms with van der Waals surface area (Å²) < 4.78 is 5.41. The highest BCUT2D eigenvalue weighted by atomic mass is 35.5. The molecule has 0 saturated carbocycles. The number of carbonyl (C=O) groups excluding carboxylic acids is 1. The van der Waals surface area contributed by atoms with Crippen molar-refractivity contribution in [2.24, 2.45) is 0 Å². The molecule has 32 heavy (non-hydrogen) atoms. The first-order chi connectivity index (χ1) is 15.7. The molecule has 0 aliphatic carbocycles. The second-order valence-electron chi connectivity index (χ2n) is 8.16. The lowest BCUT2D eigenvalue weighted by Gasteiger charge is -2.21. The molecule has 2 N–H and O–H groups in total. The van der Waals surface area contributed by atoms with Gasteiger partial charge in [-0.15, -0.1) is 0 Å². The van der Waals surface area contributed by atoms with Crippen LogP contribution in [0.15, 0.2) is 48.7 Å². The molecule has 2 saturated heterocycles. The van der Waals surface area contributed by atoms with E-state index >= 15 is 0 Å². The number of anilines is 1. The molecule has 0 spiro atoms. The van der Waals surface area contributed by atoms with Crippen molar-refractivity contribution in [1.82, 2.24) is 15.4 Å². The third-order valence-corrected chi connectivity index (χ3v) is 5.87. The summed E-state index contributed by atoms with van der Waals surface area (Å²) in [7, 11) is 0. The number of aromatic nitrogens is 1. The molecule has 2 atom stereocenters. The van der Waals surface area contributed by atoms with Gasteiger partial charge in [0.1, 0.15) is 5.82 Å². The molecule has 1 aromatic carbocycles. The maximum Gasteiger partial charge on any atom is 0.267 e. The van der Waals surface area contributed by atoms with Crippen molar-refractivity contribution >= 4 is 29.4 Å². The lowest BCUT2D eigenvalue weighted by atomic mass is 10.2. The van der Waals surface area contributed by atoms with Crippen molar-refractivity contribution in [3.8, 4) is 0 Å². The van der Waals surface area contributed by atoms with Gasteiger partial charge in [0.25, 0.3) is 5.91 Å². The lowest BCUT2D eigenvalue weighted by molar-refractivity contribution is -0.198. The number of pyridine rings is 1. The Hall–Kier alpha value is -2.45. The van der Waals surface area contributed by atoms with Gasteiger partial charge in [-0.3, -0.25) is 9.69 Å². The van der Waals surface area contributed by atoms with Crippen molar-refractivity contribution in [1.29, 1.82) is 0 Å². The summed E-state index contributed by atoms with van der Waals surface area (Å²) in [6, 6.07) is 12.6. The van der Waals surface area contributed by atoms with Crippen molar-refractivity contribution in [2.75, 3.05) is 25.0 Å². The average molecular weight is 457 g/mol. The van der Waals surface area contributed by atoms with E-state index in [-0.39, 0.29) is 12.2 Å². The molecule has 1 aromatic heterocycles. The van der Waals surface area contributed by atoms with E-state index in [1.807, 2.05) is 6.07 Å². The van der Waals surface area contributed by atoms with Gasteiger partial charge in [-0.05, 0) is 42.5 Å². The summed E-state index contributed by atoms with van der Waals surface area (Å²) in [6.07, 6.45) is 8.25. The minimum Gasteiger partial charge on any atom is -0.365 e. The number of nitrogens with one attached hydrogen (secondary N) is 2. The molecule has 2 fully saturated rings. The van der Waals surface area contributed by atoms with Crippen LogP contribution in [0.25, 0.3) is 6.08 Å². The molecule has 1 amide bonds. The van der Waals surface area contributed by atoms with Gasteiger partial charge in [-0.25, -0.2) is 15.3 Å². The fraction of sp³-hybridized carbons (Fsp3) is 0.417. The summed E-state index contributed by atoms with van der Waals surface area (Å²) in [5.74, 6) is 0.305. The standard InChI is InChI=1S/C24H29ClN4O3/c25-21-14-19(9-10-22(30)28-32-23-8-4-5-13-31-23)15-26-24(21)27-20-11-12-29(17-20)16-18-6-2-1-3-7-18/h1-3,6-7,9-10,14-15,20,23H,4-5,8,11-13,16-17H2,(H,26,27)(H,28,30)/b10-9+/t20-,23?/m0/s1. The Morgan fingerprint density at radius 2 is 2.16 bits per heavy atom. The molecule has 170 valence electrons. The van der Waals surface area contributed by atoms with Crippen LogP contribution in [0, 0.1) is 0 Å². The maximum atomic E-state index is 12.0. The third kappa shape index (κ3) is 6.77. The van der Waals surface area contributed by atoms with Crippen LogP contribution in [-0.4, -0.2) is 47.8 Å². The Labute approximate surface area is 193 Å². The second-order valence-corrected chi connectivity index (χ2v) is 8.57. The summed E-state index contributed by atoms with van der Waals surface area (Å²) in [4.78, 5) is 24.1. The van der Waals surface area contributed by atoms with Crippen LogP contribution in [0.3, 0.4) is 0 Å². The quantitative estimate of drug-likeness (QED) is 0.461. The largest absolute Gasteiger partial charge is 0.365 e. The Morgan fingerprint density at radius 3 is 2.94 bits per heavy atom. The van der Waals surface area contributed by atoms with E-state index in [2.05, 4.69) is 44.9 Å². The number of rotatable bonds is 8. The number of ether oxygens (including phenoxy) is 1. The molecule has 0 bridgehead atoms. The number of hydroxylamine groups is 1. The van der Waals surface area contributed by atoms with Crippen molar-refractivity contribution in [3.63, 3.8) is 0 Å². The molecule has 0 radical (unpaired) electrons. The minimum atomic E-state index is -0.373. The summed E-state index contributed by atoms with van der Waals surface area (Å²) in [6.45, 7) is 3.59. The first-order valence-electron chi connectivity index (χ1n) is 11.1. The van der Waals surface area contributed by atoms with E-state index in [1.165, 1.54) is 11.6 Å². The number of benzene rings is 1. The second kappa shape index (κ2) is 11.4. The smallest absolute Gasteiger partial charge is 0.267 e. The third-order valence-electron chi connectivity index (χ3n) is 5.58. The van der Waals surface area contributed by atoms with Gasteiger partial charge in [0.15, 0.2) is 6.29 Å². The summed E-state index contributed by atoms with van der Waals surface area (Å²) in [5.41, 5.74) is 4.46. The van der Waals surface area contributed by atoms with E-state index in [0.29, 0.717) is 23.5 Å². The number of carbonyl (C=O) groups is 1. The molecular weight excluding hydrogens is 428 g/mol. The monoisotopic (exact) mass is 456 g/mol. The molecule has 4 rings (SSSR count). The fourth-order valence-electron chi connectivity index (χ4n) is 3.91. The zero-order chi connectivity index (χ0) is 22.2. The Balaban J connectivity index is 1.24. The zero-order valence-corrected chi connectivity index (χ0v) is 18.8. The zero-order valence-electron chi connectivity index (χ0n) is 18.0. The van der Waals surface area contributed by atoms with Gasteiger partial charge in [-0.1, -0.05) is 41.9 Å². The molecule has 2 aromatic rings. The maximum absolute atomic E-state index is 12.0. The van der Waals surface area contributed by atoms with Crippen LogP contribution in [0.1, 0.15) is 36.8 Å². The molecule has 2 aliphatic rings. The number of nitrogens with zero attached hydrogens (tertiary/aromatic N) is 2. The predicted molar refractivity (Wildman–Crippen MR) is 125 cm³/mol. The number of hydrogen-bond donors (Lipinski definition) is 2. The lowest BCUT2D eigenvalue weighted by Crippen LogP contribution is -2.32. The van der Waals surface area contributed by atoms with Gasteiger partial charge in [-0.2, -0.15) is 0 Å². The van der Waals surface area contributed by atoms with E-state index in [0.717, 1.165) is 50.9 Å². The SMILES string of the molecule is O=C(/C=C/c1cnc(N[C@H]2CCN(Cc3ccccc3)C2)c(Cl)c1)NOC1CCCCO1. The average Bonchev–Trinajstić information content (AvgIpc) is 3.26. The molecule has 8 heteroatoms. The Bertz CT molecular complexity index is 919. The van der Waals surface area contributed by atoms with Gasteiger partial charge < -0.3 is 10.1 Å². The predicted octanol–water partition coefficient (Wildman–Crippen LogP) is 4.01. The topological polar surface area (TPSA) is 75.7 Å². The highest BCUT2D eigenvalue weighted by molar-refractivity contribution is 6.33. The van der Waals surface area contributed by atoms with Crippen LogP contribution in [-0.2, 0) is 20.9 Å². The van der Waals surface area contributed by atoms with Crippen LogP contribution in [0.4, 0.5) is 5.82 Å². The van der Waals surface area contributed by atoms with E-state index < -0.39 is 0 Å². The fourth-order valence-corrected chi connectivity index (χ4v) is 4.14. The number of hydrogen-bond acceptors (Lipinski definition) is 6. The summed E-state index contributed by atoms with van der Waals surface area (Å²) in [5, 5.41) is 3.98. The van der Waals surface area contributed by atoms with Crippen molar-refractivity contribution < 1.29 is 14.4 Å². The van der Waals surface area contributed by atoms with Gasteiger partial charge >= 0.3 is 0 Å². The minimum absolute atomic E-state index is 0.301. The van der Waals surface area contributed by atoms with Crippen molar-refractivity contribution in [2.45, 2.75) is 44.6 Å². The van der Waals surface area contributed by atoms with Crippen LogP contribution in [0.5, 0.6) is 0 Å². The molecular formula is C24H29ClN4O3. The van der Waals surface area contributed by atoms with E-state index in [9.17, 15) is 4.79 Å². The highest BCUT2D eigenvalue weighted by Gasteiger charge is 2.23. The number of likely N-dealkylation sites (tertiary alicyclic amines) is 1. The molecule has 3 heterocycles. The van der Waals surface area contributed by atoms with Crippen LogP contribution < -0.4 is 10.8 Å². The van der Waals surface area contributed by atoms with Crippen LogP contribution in [0.2, 0.25) is 5.02 Å². The van der Waals surface area contributed by atoms with Crippen LogP contribution >= 0.6 is 11.6 Å². The number of amides is 1. The first-order valence-corrected chi connectivity index (χ1v) is 11.5. The molecule has 2 aliphatic heterocycles. The summed E-state index contributed by atoms with van der Waals surface area (Å²) >= 11 is 6.44. The van der Waals surface area contributed by atoms with Gasteiger partial charge in [0, 0.05) is 51.0 Å². The van der Waals surface area contributed by atoms with Gasteiger partial charge in [0.05, 0.1) is 5.02 Å². The first kappa shape index (κ1) is 22.7. The van der Waals surface area contributed by atoms with E-state index in [1.54, 1.807) is 18.3 Å². The Morgan fingerprint density at radius 1 is 1.28 bits per heavy atom. The van der Waals surface area contributed by atoms with Gasteiger partial charge in [0.2, 0.25) is 0 Å². The Kier molecular flexibility index (Phi) is 8.12.